The topological polar surface area (TPSA) is 78.4 Å². The zero-order valence-corrected chi connectivity index (χ0v) is 9.94. The quantitative estimate of drug-likeness (QED) is 0.737. The van der Waals surface area contributed by atoms with Crippen LogP contribution in [0.2, 0.25) is 0 Å². The van der Waals surface area contributed by atoms with Crippen molar-refractivity contribution < 1.29 is 19.1 Å². The number of rotatable bonds is 5. The minimum absolute atomic E-state index is 0.177. The van der Waals surface area contributed by atoms with E-state index in [0.717, 1.165) is 5.56 Å². The largest absolute Gasteiger partial charge is 0.480 e. The zero-order chi connectivity index (χ0) is 13.5. The van der Waals surface area contributed by atoms with Gasteiger partial charge in [0.15, 0.2) is 0 Å². The normalized spacial score (nSPS) is 11.7. The third-order valence-electron chi connectivity index (χ3n) is 2.23. The number of nitrogens with one attached hydrogen (secondary N) is 2. The maximum Gasteiger partial charge on any atom is 0.323 e. The van der Waals surface area contributed by atoms with Crippen molar-refractivity contribution in [2.45, 2.75) is 19.4 Å². The molecule has 0 radical (unpaired) electrons. The van der Waals surface area contributed by atoms with Gasteiger partial charge in [-0.15, -0.1) is 0 Å². The molecule has 5 nitrogen and oxygen atoms in total. The van der Waals surface area contributed by atoms with Gasteiger partial charge in [0.2, 0.25) is 0 Å². The van der Waals surface area contributed by atoms with E-state index in [2.05, 4.69) is 10.6 Å². The molecule has 0 heterocycles. The Morgan fingerprint density at radius 3 is 2.50 bits per heavy atom. The highest BCUT2D eigenvalue weighted by Crippen LogP contribution is 2.05. The van der Waals surface area contributed by atoms with E-state index >= 15 is 0 Å². The monoisotopic (exact) mass is 254 g/mol. The van der Waals surface area contributed by atoms with Crippen LogP contribution in [0.5, 0.6) is 0 Å². The summed E-state index contributed by atoms with van der Waals surface area (Å²) in [4.78, 5) is 21.5. The highest BCUT2D eigenvalue weighted by molar-refractivity contribution is 5.79. The van der Waals surface area contributed by atoms with E-state index in [0.29, 0.717) is 6.42 Å². The lowest BCUT2D eigenvalue weighted by molar-refractivity contribution is -0.135. The lowest BCUT2D eigenvalue weighted by Crippen LogP contribution is -2.43. The number of halogens is 1. The number of hydrogen-bond acceptors (Lipinski definition) is 2. The van der Waals surface area contributed by atoms with Crippen LogP contribution in [0, 0.1) is 5.82 Å². The van der Waals surface area contributed by atoms with Crippen LogP contribution in [0.25, 0.3) is 0 Å². The van der Waals surface area contributed by atoms with Crippen LogP contribution in [0.15, 0.2) is 24.3 Å². The summed E-state index contributed by atoms with van der Waals surface area (Å²) in [6, 6.07) is 5.28. The molecule has 0 aliphatic rings. The first kappa shape index (κ1) is 14.0. The number of carboxylic acids is 1. The average Bonchev–Trinajstić information content (AvgIpc) is 2.29. The first-order chi connectivity index (χ1) is 8.47. The molecule has 6 heteroatoms. The van der Waals surface area contributed by atoms with Gasteiger partial charge in [0.25, 0.3) is 0 Å². The van der Waals surface area contributed by atoms with Crippen LogP contribution in [-0.4, -0.2) is 29.7 Å². The lowest BCUT2D eigenvalue weighted by Gasteiger charge is -2.14. The number of carboxylic acid groups (broad SMARTS) is 1. The molecule has 1 rings (SSSR count). The third kappa shape index (κ3) is 5.29. The van der Waals surface area contributed by atoms with E-state index < -0.39 is 18.5 Å². The molecule has 3 N–H and O–H groups in total. The highest BCUT2D eigenvalue weighted by Gasteiger charge is 2.08. The van der Waals surface area contributed by atoms with Crippen molar-refractivity contribution in [1.29, 1.82) is 0 Å². The van der Waals surface area contributed by atoms with Crippen LogP contribution in [-0.2, 0) is 11.2 Å². The van der Waals surface area contributed by atoms with Crippen molar-refractivity contribution in [2.75, 3.05) is 6.54 Å². The molecule has 2 amide bonds. The number of hydrogen-bond donors (Lipinski definition) is 3. The van der Waals surface area contributed by atoms with Gasteiger partial charge in [-0.3, -0.25) is 4.79 Å². The second-order valence-corrected chi connectivity index (χ2v) is 3.95. The van der Waals surface area contributed by atoms with Gasteiger partial charge < -0.3 is 15.7 Å². The second kappa shape index (κ2) is 6.58. The van der Waals surface area contributed by atoms with Gasteiger partial charge >= 0.3 is 12.0 Å². The molecule has 0 aliphatic heterocycles. The Morgan fingerprint density at radius 2 is 1.94 bits per heavy atom. The van der Waals surface area contributed by atoms with Gasteiger partial charge in [0, 0.05) is 6.04 Å². The van der Waals surface area contributed by atoms with Crippen LogP contribution in [0.4, 0.5) is 9.18 Å². The molecular weight excluding hydrogens is 239 g/mol. The molecule has 18 heavy (non-hydrogen) atoms. The van der Waals surface area contributed by atoms with Gasteiger partial charge in [0.1, 0.15) is 12.4 Å². The van der Waals surface area contributed by atoms with Gasteiger partial charge in [-0.25, -0.2) is 9.18 Å². The molecule has 1 aromatic rings. The summed E-state index contributed by atoms with van der Waals surface area (Å²) in [5.74, 6) is -1.41. The molecule has 1 aromatic carbocycles. The van der Waals surface area contributed by atoms with Crippen molar-refractivity contribution in [1.82, 2.24) is 10.6 Å². The lowest BCUT2D eigenvalue weighted by atomic mass is 10.1. The van der Waals surface area contributed by atoms with E-state index in [4.69, 9.17) is 5.11 Å². The number of aliphatic carboxylic acids is 1. The summed E-state index contributed by atoms with van der Waals surface area (Å²) >= 11 is 0. The van der Waals surface area contributed by atoms with Crippen molar-refractivity contribution >= 4 is 12.0 Å². The molecule has 0 aliphatic carbocycles. The van der Waals surface area contributed by atoms with E-state index in [1.165, 1.54) is 12.1 Å². The Labute approximate surface area is 104 Å². The summed E-state index contributed by atoms with van der Waals surface area (Å²) in [7, 11) is 0. The molecule has 0 spiro atoms. The molecule has 0 bridgehead atoms. The molecule has 0 aromatic heterocycles. The second-order valence-electron chi connectivity index (χ2n) is 3.95. The van der Waals surface area contributed by atoms with E-state index in [9.17, 15) is 14.0 Å². The highest BCUT2D eigenvalue weighted by atomic mass is 19.1. The van der Waals surface area contributed by atoms with Crippen molar-refractivity contribution in [3.63, 3.8) is 0 Å². The number of carbonyl (C=O) groups is 2. The Hall–Kier alpha value is -2.11. The van der Waals surface area contributed by atoms with Crippen LogP contribution >= 0.6 is 0 Å². The van der Waals surface area contributed by atoms with Gasteiger partial charge in [-0.1, -0.05) is 12.1 Å². The first-order valence-corrected chi connectivity index (χ1v) is 5.48. The van der Waals surface area contributed by atoms with E-state index in [-0.39, 0.29) is 11.9 Å². The van der Waals surface area contributed by atoms with Gasteiger partial charge in [-0.2, -0.15) is 0 Å². The number of carbonyl (C=O) groups excluding carboxylic acids is 1. The molecule has 1 unspecified atom stereocenters. The predicted molar refractivity (Wildman–Crippen MR) is 63.7 cm³/mol. The van der Waals surface area contributed by atoms with Crippen LogP contribution in [0.3, 0.4) is 0 Å². The molecule has 0 saturated heterocycles. The maximum absolute atomic E-state index is 12.7. The number of benzene rings is 1. The average molecular weight is 254 g/mol. The summed E-state index contributed by atoms with van der Waals surface area (Å²) in [5.41, 5.74) is 0.891. The Morgan fingerprint density at radius 1 is 1.33 bits per heavy atom. The number of amides is 2. The summed E-state index contributed by atoms with van der Waals surface area (Å²) in [6.07, 6.45) is 0.542. The minimum atomic E-state index is -1.10. The molecule has 98 valence electrons. The summed E-state index contributed by atoms with van der Waals surface area (Å²) < 4.78 is 12.7. The minimum Gasteiger partial charge on any atom is -0.480 e. The number of urea groups is 1. The first-order valence-electron chi connectivity index (χ1n) is 5.48. The van der Waals surface area contributed by atoms with Crippen LogP contribution < -0.4 is 10.6 Å². The Balaban J connectivity index is 2.36. The Bertz CT molecular complexity index is 420. The molecule has 0 saturated carbocycles. The summed E-state index contributed by atoms with van der Waals surface area (Å²) in [6.45, 7) is 1.36. The van der Waals surface area contributed by atoms with E-state index in [1.54, 1.807) is 19.1 Å². The van der Waals surface area contributed by atoms with Crippen LogP contribution in [0.1, 0.15) is 12.5 Å². The summed E-state index contributed by atoms with van der Waals surface area (Å²) in [5, 5.41) is 13.2. The SMILES string of the molecule is CC(Cc1ccc(F)cc1)NC(=O)NCC(=O)O. The van der Waals surface area contributed by atoms with E-state index in [1.807, 2.05) is 0 Å². The van der Waals surface area contributed by atoms with Crippen molar-refractivity contribution in [3.05, 3.63) is 35.6 Å². The standard InChI is InChI=1S/C12H15FN2O3/c1-8(15-12(18)14-7-11(16)17)6-9-2-4-10(13)5-3-9/h2-5,8H,6-7H2,1H3,(H,16,17)(H2,14,15,18). The smallest absolute Gasteiger partial charge is 0.323 e. The molecule has 1 atom stereocenters. The molecular formula is C12H15FN2O3. The zero-order valence-electron chi connectivity index (χ0n) is 9.94. The third-order valence-corrected chi connectivity index (χ3v) is 2.23. The van der Waals surface area contributed by atoms with Crippen molar-refractivity contribution in [3.8, 4) is 0 Å². The maximum atomic E-state index is 12.7. The van der Waals surface area contributed by atoms with Gasteiger partial charge in [0.05, 0.1) is 0 Å². The van der Waals surface area contributed by atoms with Gasteiger partial charge in [-0.05, 0) is 31.0 Å². The fourth-order valence-electron chi connectivity index (χ4n) is 1.46. The predicted octanol–water partition coefficient (Wildman–Crippen LogP) is 1.14. The fraction of sp³-hybridized carbons (Fsp3) is 0.333. The Kier molecular flexibility index (Phi) is 5.10. The molecule has 0 fully saturated rings. The van der Waals surface area contributed by atoms with Crippen molar-refractivity contribution in [2.24, 2.45) is 0 Å². The fourth-order valence-corrected chi connectivity index (χ4v) is 1.46.